The summed E-state index contributed by atoms with van der Waals surface area (Å²) < 4.78 is 52.2. The van der Waals surface area contributed by atoms with Gasteiger partial charge in [0.1, 0.15) is 11.0 Å². The normalized spacial score (nSPS) is 12.7. The van der Waals surface area contributed by atoms with Gasteiger partial charge < -0.3 is 9.47 Å². The Hall–Kier alpha value is -3.96. The van der Waals surface area contributed by atoms with E-state index in [9.17, 15) is 18.0 Å². The van der Waals surface area contributed by atoms with Crippen LogP contribution >= 0.6 is 0 Å². The van der Waals surface area contributed by atoms with Crippen LogP contribution in [-0.2, 0) is 10.9 Å². The molecule has 0 aliphatic rings. The molecule has 0 saturated carbocycles. The average molecular weight is 474 g/mol. The van der Waals surface area contributed by atoms with Gasteiger partial charge in [0, 0.05) is 6.20 Å². The number of nitrogens with zero attached hydrogens (tertiary/aromatic N) is 6. The van der Waals surface area contributed by atoms with Crippen molar-refractivity contribution in [3.05, 3.63) is 59.0 Å². The second-order valence-corrected chi connectivity index (χ2v) is 7.45. The maximum Gasteiger partial charge on any atom is 0.416 e. The number of esters is 1. The second-order valence-electron chi connectivity index (χ2n) is 7.45. The van der Waals surface area contributed by atoms with Gasteiger partial charge in [-0.3, -0.25) is 4.68 Å². The van der Waals surface area contributed by atoms with Gasteiger partial charge in [-0.25, -0.2) is 14.5 Å². The maximum absolute atomic E-state index is 12.9. The Morgan fingerprint density at radius 2 is 1.88 bits per heavy atom. The van der Waals surface area contributed by atoms with Crippen LogP contribution in [-0.4, -0.2) is 49.2 Å². The fourth-order valence-electron chi connectivity index (χ4n) is 3.51. The zero-order chi connectivity index (χ0) is 24.6. The topological polar surface area (TPSA) is 96.9 Å². The van der Waals surface area contributed by atoms with Crippen molar-refractivity contribution in [1.82, 2.24) is 29.5 Å². The number of rotatable bonds is 6. The highest BCUT2D eigenvalue weighted by Gasteiger charge is 2.30. The van der Waals surface area contributed by atoms with E-state index in [2.05, 4.69) is 20.2 Å². The summed E-state index contributed by atoms with van der Waals surface area (Å²) in [5.41, 5.74) is 1.66. The van der Waals surface area contributed by atoms with Crippen LogP contribution in [0.4, 0.5) is 13.2 Å². The molecular weight excluding hydrogens is 453 g/mol. The number of ether oxygens (including phenoxy) is 2. The lowest BCUT2D eigenvalue weighted by Crippen LogP contribution is -2.11. The number of alkyl halides is 3. The molecule has 0 unspecified atom stereocenters. The van der Waals surface area contributed by atoms with E-state index in [0.29, 0.717) is 22.3 Å². The minimum Gasteiger partial charge on any atom is -0.479 e. The summed E-state index contributed by atoms with van der Waals surface area (Å²) in [6.07, 6.45) is -1.62. The first-order valence-corrected chi connectivity index (χ1v) is 10.3. The van der Waals surface area contributed by atoms with E-state index in [1.165, 1.54) is 36.3 Å². The Balaban J connectivity index is 1.76. The smallest absolute Gasteiger partial charge is 0.416 e. The molecule has 4 aromatic rings. The molecule has 0 aliphatic heterocycles. The summed E-state index contributed by atoms with van der Waals surface area (Å²) in [6.45, 7) is 5.49. The summed E-state index contributed by atoms with van der Waals surface area (Å²) in [4.78, 5) is 20.9. The first-order chi connectivity index (χ1) is 16.1. The predicted octanol–water partition coefficient (Wildman–Crippen LogP) is 4.13. The minimum absolute atomic E-state index is 0.157. The van der Waals surface area contributed by atoms with Gasteiger partial charge >= 0.3 is 12.1 Å². The Bertz CT molecular complexity index is 1340. The van der Waals surface area contributed by atoms with Crippen LogP contribution < -0.4 is 4.74 Å². The van der Waals surface area contributed by atoms with Crippen molar-refractivity contribution < 1.29 is 27.4 Å². The molecule has 1 aromatic carbocycles. The highest BCUT2D eigenvalue weighted by atomic mass is 19.4. The van der Waals surface area contributed by atoms with Gasteiger partial charge in [-0.15, -0.1) is 0 Å². The van der Waals surface area contributed by atoms with Crippen LogP contribution in [0.1, 0.15) is 47.1 Å². The van der Waals surface area contributed by atoms with E-state index >= 15 is 0 Å². The van der Waals surface area contributed by atoms with Crippen LogP contribution in [0.2, 0.25) is 0 Å². The number of aryl methyl sites for hydroxylation is 1. The predicted molar refractivity (Wildman–Crippen MR) is 115 cm³/mol. The van der Waals surface area contributed by atoms with Crippen molar-refractivity contribution in [2.45, 2.75) is 33.0 Å². The Kier molecular flexibility index (Phi) is 5.98. The van der Waals surface area contributed by atoms with E-state index in [1.807, 2.05) is 0 Å². The minimum atomic E-state index is -4.41. The third-order valence-corrected chi connectivity index (χ3v) is 5.25. The van der Waals surface area contributed by atoms with E-state index in [0.717, 1.165) is 12.1 Å². The number of aromatic nitrogens is 6. The molecule has 34 heavy (non-hydrogen) atoms. The molecule has 3 aromatic heterocycles. The molecule has 0 radical (unpaired) electrons. The quantitative estimate of drug-likeness (QED) is 0.388. The molecule has 0 bridgehead atoms. The molecule has 1 atom stereocenters. The van der Waals surface area contributed by atoms with Gasteiger partial charge in [-0.2, -0.15) is 28.4 Å². The molecule has 0 aliphatic carbocycles. The lowest BCUT2D eigenvalue weighted by atomic mass is 10.1. The van der Waals surface area contributed by atoms with Gasteiger partial charge in [0.2, 0.25) is 5.88 Å². The van der Waals surface area contributed by atoms with Crippen LogP contribution in [0.5, 0.6) is 5.88 Å². The molecule has 0 spiro atoms. The first-order valence-electron chi connectivity index (χ1n) is 10.3. The number of carbonyl (C=O) groups is 1. The number of hydrogen-bond donors (Lipinski definition) is 0. The molecule has 0 saturated heterocycles. The number of halogens is 3. The summed E-state index contributed by atoms with van der Waals surface area (Å²) >= 11 is 0. The van der Waals surface area contributed by atoms with Crippen molar-refractivity contribution in [2.75, 3.05) is 13.7 Å². The Labute approximate surface area is 192 Å². The van der Waals surface area contributed by atoms with E-state index < -0.39 is 23.8 Å². The maximum atomic E-state index is 12.9. The van der Waals surface area contributed by atoms with Crippen LogP contribution in [0.15, 0.2) is 36.7 Å². The van der Waals surface area contributed by atoms with Crippen LogP contribution in [0.25, 0.3) is 17.0 Å². The monoisotopic (exact) mass is 474 g/mol. The van der Waals surface area contributed by atoms with Gasteiger partial charge in [0.25, 0.3) is 5.95 Å². The van der Waals surface area contributed by atoms with Crippen LogP contribution in [0.3, 0.4) is 0 Å². The van der Waals surface area contributed by atoms with Crippen molar-refractivity contribution in [3.63, 3.8) is 0 Å². The number of fused-ring (bicyclic) bond motifs is 1. The van der Waals surface area contributed by atoms with E-state index in [1.54, 1.807) is 25.5 Å². The molecule has 3 heterocycles. The van der Waals surface area contributed by atoms with Crippen molar-refractivity contribution in [1.29, 1.82) is 0 Å². The molecule has 9 nitrogen and oxygen atoms in total. The fourth-order valence-corrected chi connectivity index (χ4v) is 3.51. The SMILES string of the molecule is CCOC(=O)c1cnn(-c2nc(OC)c3c(n2)c(C)nn3[C@@H](C)c2ccc(C(F)(F)F)cc2)c1. The Morgan fingerprint density at radius 3 is 2.50 bits per heavy atom. The number of hydrogen-bond acceptors (Lipinski definition) is 7. The molecule has 178 valence electrons. The molecule has 4 rings (SSSR count). The first kappa shape index (κ1) is 23.2. The average Bonchev–Trinajstić information content (AvgIpc) is 3.43. The van der Waals surface area contributed by atoms with E-state index in [-0.39, 0.29) is 24.0 Å². The Morgan fingerprint density at radius 1 is 1.18 bits per heavy atom. The fraction of sp³-hybridized carbons (Fsp3) is 0.318. The lowest BCUT2D eigenvalue weighted by molar-refractivity contribution is -0.137. The van der Waals surface area contributed by atoms with Crippen molar-refractivity contribution in [3.8, 4) is 11.8 Å². The number of benzene rings is 1. The van der Waals surface area contributed by atoms with Crippen LogP contribution in [0, 0.1) is 6.92 Å². The molecule has 0 N–H and O–H groups in total. The van der Waals surface area contributed by atoms with Crippen molar-refractivity contribution >= 4 is 17.0 Å². The lowest BCUT2D eigenvalue weighted by Gasteiger charge is -2.16. The van der Waals surface area contributed by atoms with E-state index in [4.69, 9.17) is 9.47 Å². The second kappa shape index (κ2) is 8.76. The van der Waals surface area contributed by atoms with Gasteiger partial charge in [-0.05, 0) is 38.5 Å². The standard InChI is InChI=1S/C22H21F3N6O3/c1-5-34-20(32)15-10-26-30(11-15)21-27-17-12(2)29-31(18(17)19(28-21)33-4)13(3)14-6-8-16(9-7-14)22(23,24)25/h6-11,13H,5H2,1-4H3/t13-/m0/s1. The summed E-state index contributed by atoms with van der Waals surface area (Å²) in [5.74, 6) is -0.159. The van der Waals surface area contributed by atoms with Gasteiger partial charge in [-0.1, -0.05) is 12.1 Å². The summed E-state index contributed by atoms with van der Waals surface area (Å²) in [6, 6.07) is 4.48. The summed E-state index contributed by atoms with van der Waals surface area (Å²) in [7, 11) is 1.44. The molecule has 0 amide bonds. The molecule has 0 fully saturated rings. The highest BCUT2D eigenvalue weighted by Crippen LogP contribution is 2.33. The zero-order valence-corrected chi connectivity index (χ0v) is 18.8. The number of methoxy groups -OCH3 is 1. The molecule has 12 heteroatoms. The highest BCUT2D eigenvalue weighted by molar-refractivity contribution is 5.89. The van der Waals surface area contributed by atoms with Crippen molar-refractivity contribution in [2.24, 2.45) is 0 Å². The third-order valence-electron chi connectivity index (χ3n) is 5.25. The summed E-state index contributed by atoms with van der Waals surface area (Å²) in [5, 5.41) is 8.68. The van der Waals surface area contributed by atoms with Gasteiger partial charge in [0.05, 0.1) is 42.8 Å². The largest absolute Gasteiger partial charge is 0.479 e. The third kappa shape index (κ3) is 4.18. The number of carbonyl (C=O) groups excluding carboxylic acids is 1. The van der Waals surface area contributed by atoms with Gasteiger partial charge in [0.15, 0.2) is 0 Å². The zero-order valence-electron chi connectivity index (χ0n) is 18.8. The molecular formula is C22H21F3N6O3.